The van der Waals surface area contributed by atoms with Crippen LogP contribution in [0.15, 0.2) is 0 Å². The van der Waals surface area contributed by atoms with Crippen molar-refractivity contribution in [1.82, 2.24) is 0 Å². The number of carbonyl (C=O) groups is 1. The number of esters is 1. The largest absolute Gasteiger partial charge is 1.00 e. The molecule has 0 bridgehead atoms. The topological polar surface area (TPSA) is 26.3 Å². The highest BCUT2D eigenvalue weighted by Crippen LogP contribution is 2.14. The Hall–Kier alpha value is 0.160. The Morgan fingerprint density at radius 3 is 1.58 bits per heavy atom. The van der Waals surface area contributed by atoms with Crippen LogP contribution in [0.4, 0.5) is 0 Å². The van der Waals surface area contributed by atoms with Crippen LogP contribution < -0.4 is 24.0 Å². The van der Waals surface area contributed by atoms with E-state index in [1.54, 1.807) is 0 Å². The number of quaternary nitrogens is 1. The highest BCUT2D eigenvalue weighted by atomic mass is 127. The highest BCUT2D eigenvalue weighted by Gasteiger charge is 2.25. The lowest BCUT2D eigenvalue weighted by Gasteiger charge is -2.32. The number of carbonyl (C=O) groups excluding carboxylic acids is 1. The molecule has 1 atom stereocenters. The smallest absolute Gasteiger partial charge is 0.310 e. The van der Waals surface area contributed by atoms with Gasteiger partial charge in [0.05, 0.1) is 21.1 Å². The maximum absolute atomic E-state index is 11.9. The molecule has 0 aliphatic rings. The molecule has 0 fully saturated rings. The fourth-order valence-electron chi connectivity index (χ4n) is 2.93. The van der Waals surface area contributed by atoms with Crippen LogP contribution in [0.5, 0.6) is 0 Å². The van der Waals surface area contributed by atoms with Gasteiger partial charge in [-0.2, -0.15) is 0 Å². The van der Waals surface area contributed by atoms with Crippen molar-refractivity contribution >= 4 is 5.97 Å². The minimum atomic E-state index is -0.0270. The van der Waals surface area contributed by atoms with Crippen LogP contribution in [-0.2, 0) is 9.53 Å². The molecule has 0 heterocycles. The zero-order chi connectivity index (χ0) is 17.6. The molecule has 0 aromatic carbocycles. The number of halogens is 1. The van der Waals surface area contributed by atoms with E-state index in [4.69, 9.17) is 4.74 Å². The van der Waals surface area contributed by atoms with Crippen molar-refractivity contribution in [3.63, 3.8) is 0 Å². The lowest BCUT2D eigenvalue weighted by Crippen LogP contribution is -3.00. The molecule has 0 spiro atoms. The highest BCUT2D eigenvalue weighted by molar-refractivity contribution is 5.69. The molecule has 1 unspecified atom stereocenters. The number of hydrogen-bond donors (Lipinski definition) is 0. The number of nitrogens with zero attached hydrogens (tertiary/aromatic N) is 1. The molecular weight excluding hydrogens is 413 g/mol. The first-order chi connectivity index (χ1) is 10.9. The van der Waals surface area contributed by atoms with E-state index in [9.17, 15) is 4.79 Å². The summed E-state index contributed by atoms with van der Waals surface area (Å²) >= 11 is 0. The molecular formula is C20H42INO2. The zero-order valence-electron chi connectivity index (χ0n) is 16.9. The molecule has 4 heteroatoms. The molecule has 0 aliphatic heterocycles. The van der Waals surface area contributed by atoms with Crippen molar-refractivity contribution in [3.8, 4) is 0 Å². The van der Waals surface area contributed by atoms with Crippen molar-refractivity contribution in [1.29, 1.82) is 0 Å². The molecule has 0 radical (unpaired) electrons. The van der Waals surface area contributed by atoms with Crippen LogP contribution in [0.1, 0.15) is 97.3 Å². The Morgan fingerprint density at radius 2 is 1.21 bits per heavy atom. The average molecular weight is 455 g/mol. The van der Waals surface area contributed by atoms with Gasteiger partial charge in [-0.25, -0.2) is 0 Å². The van der Waals surface area contributed by atoms with Crippen LogP contribution in [-0.4, -0.2) is 37.8 Å². The van der Waals surface area contributed by atoms with Crippen molar-refractivity contribution in [3.05, 3.63) is 0 Å². The van der Waals surface area contributed by atoms with Gasteiger partial charge in [0.1, 0.15) is 0 Å². The van der Waals surface area contributed by atoms with Gasteiger partial charge in [-0.3, -0.25) is 9.28 Å². The van der Waals surface area contributed by atoms with Gasteiger partial charge in [-0.15, -0.1) is 0 Å². The zero-order valence-corrected chi connectivity index (χ0v) is 19.1. The minimum Gasteiger partial charge on any atom is -1.00 e. The second-order valence-corrected chi connectivity index (χ2v) is 7.75. The summed E-state index contributed by atoms with van der Waals surface area (Å²) in [6.45, 7) is 4.34. The van der Waals surface area contributed by atoms with Gasteiger partial charge in [-0.1, -0.05) is 78.1 Å². The van der Waals surface area contributed by atoms with Crippen molar-refractivity contribution in [2.75, 3.05) is 21.1 Å². The summed E-state index contributed by atoms with van der Waals surface area (Å²) in [5.74, 6) is -0.0270. The van der Waals surface area contributed by atoms with Crippen molar-refractivity contribution < 1.29 is 38.0 Å². The Balaban J connectivity index is 0. The Bertz CT molecular complexity index is 290. The van der Waals surface area contributed by atoms with E-state index in [0.29, 0.717) is 10.9 Å². The maximum atomic E-state index is 11.9. The van der Waals surface area contributed by atoms with Crippen LogP contribution in [0.25, 0.3) is 0 Å². The van der Waals surface area contributed by atoms with Crippen LogP contribution in [0.2, 0.25) is 0 Å². The van der Waals surface area contributed by atoms with Gasteiger partial charge in [-0.05, 0) is 6.42 Å². The first kappa shape index (κ1) is 26.4. The predicted molar refractivity (Wildman–Crippen MR) is 99.3 cm³/mol. The maximum Gasteiger partial charge on any atom is 0.310 e. The van der Waals surface area contributed by atoms with E-state index < -0.39 is 0 Å². The summed E-state index contributed by atoms with van der Waals surface area (Å²) < 4.78 is 6.27. The molecule has 3 nitrogen and oxygen atoms in total. The summed E-state index contributed by atoms with van der Waals surface area (Å²) in [5, 5.41) is 0. The van der Waals surface area contributed by atoms with Crippen molar-refractivity contribution in [2.45, 2.75) is 104 Å². The number of rotatable bonds is 15. The minimum absolute atomic E-state index is 0. The van der Waals surface area contributed by atoms with E-state index in [0.717, 1.165) is 19.3 Å². The van der Waals surface area contributed by atoms with Gasteiger partial charge in [0.15, 0.2) is 0 Å². The summed E-state index contributed by atoms with van der Waals surface area (Å²) in [6, 6.07) is 0. The lowest BCUT2D eigenvalue weighted by atomic mass is 10.1. The fraction of sp³-hybridized carbons (Fsp3) is 0.950. The van der Waals surface area contributed by atoms with E-state index >= 15 is 0 Å². The molecule has 0 saturated carbocycles. The van der Waals surface area contributed by atoms with Gasteiger partial charge < -0.3 is 28.7 Å². The van der Waals surface area contributed by atoms with E-state index in [1.165, 1.54) is 57.8 Å². The summed E-state index contributed by atoms with van der Waals surface area (Å²) in [7, 11) is 6.22. The Labute approximate surface area is 168 Å². The van der Waals surface area contributed by atoms with E-state index in [2.05, 4.69) is 35.0 Å². The molecule has 0 aromatic heterocycles. The first-order valence-corrected chi connectivity index (χ1v) is 9.92. The third kappa shape index (κ3) is 15.7. The van der Waals surface area contributed by atoms with E-state index in [-0.39, 0.29) is 36.2 Å². The standard InChI is InChI=1S/C20H42NO2.HI/c1-6-8-9-10-11-12-13-14-15-16-17-18-20(22)23-19(7-2)21(3,4)5;/h19H,6-18H2,1-5H3;1H/q+1;/p-1. The monoisotopic (exact) mass is 455 g/mol. The fourth-order valence-corrected chi connectivity index (χ4v) is 2.93. The molecule has 0 rings (SSSR count). The Kier molecular flexibility index (Phi) is 18.3. The second-order valence-electron chi connectivity index (χ2n) is 7.75. The quantitative estimate of drug-likeness (QED) is 0.125. The van der Waals surface area contributed by atoms with Crippen molar-refractivity contribution in [2.24, 2.45) is 0 Å². The molecule has 24 heavy (non-hydrogen) atoms. The number of hydrogen-bond acceptors (Lipinski definition) is 2. The van der Waals surface area contributed by atoms with E-state index in [1.807, 2.05) is 0 Å². The second kappa shape index (κ2) is 16.6. The molecule has 0 aromatic rings. The molecule has 146 valence electrons. The van der Waals surface area contributed by atoms with Crippen LogP contribution >= 0.6 is 0 Å². The van der Waals surface area contributed by atoms with Gasteiger partial charge in [0.25, 0.3) is 0 Å². The van der Waals surface area contributed by atoms with Gasteiger partial charge in [0.2, 0.25) is 6.23 Å². The summed E-state index contributed by atoms with van der Waals surface area (Å²) in [5.41, 5.74) is 0. The normalized spacial score (nSPS) is 12.5. The first-order valence-electron chi connectivity index (χ1n) is 9.92. The number of ether oxygens (including phenoxy) is 1. The summed E-state index contributed by atoms with van der Waals surface area (Å²) in [6.07, 6.45) is 15.8. The lowest BCUT2D eigenvalue weighted by molar-refractivity contribution is -0.917. The molecule has 0 aliphatic carbocycles. The predicted octanol–water partition coefficient (Wildman–Crippen LogP) is 2.68. The molecule has 0 saturated heterocycles. The van der Waals surface area contributed by atoms with Gasteiger partial charge in [0, 0.05) is 12.8 Å². The van der Waals surface area contributed by atoms with Gasteiger partial charge >= 0.3 is 5.97 Å². The van der Waals surface area contributed by atoms with Crippen LogP contribution in [0.3, 0.4) is 0 Å². The molecule has 0 amide bonds. The average Bonchev–Trinajstić information content (AvgIpc) is 2.49. The third-order valence-corrected chi connectivity index (χ3v) is 4.47. The van der Waals surface area contributed by atoms with Crippen LogP contribution in [0, 0.1) is 0 Å². The third-order valence-electron chi connectivity index (χ3n) is 4.47. The summed E-state index contributed by atoms with van der Waals surface area (Å²) in [4.78, 5) is 11.9. The molecule has 0 N–H and O–H groups in total. The number of unbranched alkanes of at least 4 members (excludes halogenated alkanes) is 10. The SMILES string of the molecule is CCCCCCCCCCCCCC(=O)OC(CC)[N+](C)(C)C.[I-]. The Morgan fingerprint density at radius 1 is 0.792 bits per heavy atom.